The molecule has 1 atom stereocenters. The van der Waals surface area contributed by atoms with Gasteiger partial charge in [-0.05, 0) is 12.5 Å². The molecule has 5 nitrogen and oxygen atoms in total. The Morgan fingerprint density at radius 3 is 2.48 bits per heavy atom. The zero-order chi connectivity index (χ0) is 15.2. The largest absolute Gasteiger partial charge is 0.383 e. The Hall–Kier alpha value is -0.850. The summed E-state index contributed by atoms with van der Waals surface area (Å²) in [6.07, 6.45) is 0. The Kier molecular flexibility index (Phi) is 10.4. The summed E-state index contributed by atoms with van der Waals surface area (Å²) in [6, 6.07) is 8.02. The molecule has 0 radical (unpaired) electrons. The highest BCUT2D eigenvalue weighted by atomic mass is 35.5. The number of hydrogen-bond donors (Lipinski definition) is 1. The molecule has 1 amide bonds. The zero-order valence-corrected chi connectivity index (χ0v) is 15.4. The highest BCUT2D eigenvalue weighted by molar-refractivity contribution is 5.85. The minimum Gasteiger partial charge on any atom is -0.383 e. The van der Waals surface area contributed by atoms with Crippen LogP contribution in [0.1, 0.15) is 11.1 Å². The predicted octanol–water partition coefficient (Wildman–Crippen LogP) is 1.46. The van der Waals surface area contributed by atoms with Crippen LogP contribution in [0.15, 0.2) is 24.3 Å². The van der Waals surface area contributed by atoms with Crippen molar-refractivity contribution in [2.24, 2.45) is 5.73 Å². The van der Waals surface area contributed by atoms with E-state index in [-0.39, 0.29) is 37.3 Å². The van der Waals surface area contributed by atoms with E-state index in [1.54, 1.807) is 7.11 Å². The summed E-state index contributed by atoms with van der Waals surface area (Å²) in [7, 11) is 1.56. The molecule has 1 heterocycles. The van der Waals surface area contributed by atoms with Gasteiger partial charge in [-0.3, -0.25) is 9.69 Å². The van der Waals surface area contributed by atoms with Gasteiger partial charge in [0, 0.05) is 39.8 Å². The van der Waals surface area contributed by atoms with Crippen molar-refractivity contribution < 1.29 is 9.53 Å². The molecule has 7 heteroatoms. The molecule has 2 N–H and O–H groups in total. The minimum atomic E-state index is -0.543. The first-order valence-electron chi connectivity index (χ1n) is 7.41. The van der Waals surface area contributed by atoms with Crippen LogP contribution in [0.2, 0.25) is 0 Å². The van der Waals surface area contributed by atoms with E-state index in [0.29, 0.717) is 0 Å². The van der Waals surface area contributed by atoms with Crippen molar-refractivity contribution in [1.82, 2.24) is 9.80 Å². The second kappa shape index (κ2) is 10.8. The Balaban J connectivity index is 0.00000242. The maximum atomic E-state index is 12.1. The summed E-state index contributed by atoms with van der Waals surface area (Å²) in [5.74, 6) is -0.00736. The lowest BCUT2D eigenvalue weighted by molar-refractivity contribution is -0.135. The number of aryl methyl sites for hydroxylation is 1. The number of amides is 1. The normalized spacial score (nSPS) is 16.2. The van der Waals surface area contributed by atoms with Gasteiger partial charge in [-0.15, -0.1) is 24.8 Å². The fourth-order valence-corrected chi connectivity index (χ4v) is 2.68. The van der Waals surface area contributed by atoms with Crippen molar-refractivity contribution in [2.75, 3.05) is 39.9 Å². The molecule has 2 rings (SSSR count). The number of piperazine rings is 1. The maximum absolute atomic E-state index is 12.1. The van der Waals surface area contributed by atoms with Crippen LogP contribution in [-0.2, 0) is 16.1 Å². The number of ether oxygens (including phenoxy) is 1. The van der Waals surface area contributed by atoms with Crippen LogP contribution in [-0.4, -0.2) is 61.6 Å². The van der Waals surface area contributed by atoms with Crippen molar-refractivity contribution in [3.8, 4) is 0 Å². The molecular weight excluding hydrogens is 337 g/mol. The van der Waals surface area contributed by atoms with Crippen molar-refractivity contribution in [3.05, 3.63) is 35.4 Å². The van der Waals surface area contributed by atoms with E-state index in [1.165, 1.54) is 11.1 Å². The van der Waals surface area contributed by atoms with Crippen molar-refractivity contribution >= 4 is 30.7 Å². The van der Waals surface area contributed by atoms with Gasteiger partial charge in [0.15, 0.2) is 0 Å². The number of rotatable bonds is 5. The van der Waals surface area contributed by atoms with Crippen LogP contribution >= 0.6 is 24.8 Å². The van der Waals surface area contributed by atoms with E-state index < -0.39 is 6.04 Å². The molecule has 0 aliphatic carbocycles. The monoisotopic (exact) mass is 363 g/mol. The lowest BCUT2D eigenvalue weighted by Gasteiger charge is -2.35. The van der Waals surface area contributed by atoms with Crippen LogP contribution in [0.4, 0.5) is 0 Å². The molecular formula is C16H27Cl2N3O2. The van der Waals surface area contributed by atoms with Crippen LogP contribution in [0.5, 0.6) is 0 Å². The Bertz CT molecular complexity index is 480. The molecule has 1 aromatic rings. The second-order valence-corrected chi connectivity index (χ2v) is 5.65. The van der Waals surface area contributed by atoms with Gasteiger partial charge in [0.1, 0.15) is 6.04 Å². The molecule has 1 aliphatic heterocycles. The Morgan fingerprint density at radius 2 is 1.91 bits per heavy atom. The van der Waals surface area contributed by atoms with Gasteiger partial charge >= 0.3 is 0 Å². The van der Waals surface area contributed by atoms with Crippen LogP contribution in [0.25, 0.3) is 0 Å². The number of benzene rings is 1. The topological polar surface area (TPSA) is 58.8 Å². The van der Waals surface area contributed by atoms with Crippen LogP contribution in [0.3, 0.4) is 0 Å². The molecule has 1 aliphatic rings. The summed E-state index contributed by atoms with van der Waals surface area (Å²) < 4.78 is 4.94. The third-order valence-corrected chi connectivity index (χ3v) is 3.84. The molecule has 132 valence electrons. The van der Waals surface area contributed by atoms with Gasteiger partial charge in [0.2, 0.25) is 5.91 Å². The van der Waals surface area contributed by atoms with E-state index in [0.717, 1.165) is 32.7 Å². The SMILES string of the molecule is COCC(N)C(=O)N1CCN(Cc2cccc(C)c2)CC1.Cl.Cl. The predicted molar refractivity (Wildman–Crippen MR) is 97.4 cm³/mol. The van der Waals surface area contributed by atoms with Crippen molar-refractivity contribution in [3.63, 3.8) is 0 Å². The highest BCUT2D eigenvalue weighted by Crippen LogP contribution is 2.11. The number of hydrogen-bond acceptors (Lipinski definition) is 4. The molecule has 1 unspecified atom stereocenters. The molecule has 0 spiro atoms. The van der Waals surface area contributed by atoms with Crippen LogP contribution < -0.4 is 5.73 Å². The number of halogens is 2. The number of carbonyl (C=O) groups excluding carboxylic acids is 1. The lowest BCUT2D eigenvalue weighted by atomic mass is 10.1. The zero-order valence-electron chi connectivity index (χ0n) is 13.7. The molecule has 1 aromatic carbocycles. The first-order valence-corrected chi connectivity index (χ1v) is 7.41. The van der Waals surface area contributed by atoms with Gasteiger partial charge in [-0.2, -0.15) is 0 Å². The third kappa shape index (κ3) is 6.65. The van der Waals surface area contributed by atoms with Gasteiger partial charge in [-0.25, -0.2) is 0 Å². The second-order valence-electron chi connectivity index (χ2n) is 5.65. The third-order valence-electron chi connectivity index (χ3n) is 3.84. The first kappa shape index (κ1) is 22.1. The quantitative estimate of drug-likeness (QED) is 0.860. The number of nitrogens with two attached hydrogens (primary N) is 1. The maximum Gasteiger partial charge on any atom is 0.241 e. The molecule has 23 heavy (non-hydrogen) atoms. The summed E-state index contributed by atoms with van der Waals surface area (Å²) in [5, 5.41) is 0. The standard InChI is InChI=1S/C16H25N3O2.2ClH/c1-13-4-3-5-14(10-13)11-18-6-8-19(9-7-18)16(20)15(17)12-21-2;;/h3-5,10,15H,6-9,11-12,17H2,1-2H3;2*1H. The van der Waals surface area contributed by atoms with Gasteiger partial charge in [0.25, 0.3) is 0 Å². The average Bonchev–Trinajstić information content (AvgIpc) is 2.47. The van der Waals surface area contributed by atoms with E-state index in [2.05, 4.69) is 36.1 Å². The number of carbonyl (C=O) groups is 1. The molecule has 0 aromatic heterocycles. The summed E-state index contributed by atoms with van der Waals surface area (Å²) in [4.78, 5) is 16.3. The van der Waals surface area contributed by atoms with Crippen molar-refractivity contribution in [2.45, 2.75) is 19.5 Å². The van der Waals surface area contributed by atoms with E-state index in [1.807, 2.05) is 4.90 Å². The van der Waals surface area contributed by atoms with Gasteiger partial charge in [0.05, 0.1) is 6.61 Å². The first-order chi connectivity index (χ1) is 10.1. The van der Waals surface area contributed by atoms with E-state index in [4.69, 9.17) is 10.5 Å². The summed E-state index contributed by atoms with van der Waals surface area (Å²) >= 11 is 0. The smallest absolute Gasteiger partial charge is 0.241 e. The van der Waals surface area contributed by atoms with Crippen LogP contribution in [0, 0.1) is 6.92 Å². The minimum absolute atomic E-state index is 0. The molecule has 1 fully saturated rings. The van der Waals surface area contributed by atoms with Gasteiger partial charge < -0.3 is 15.4 Å². The number of methoxy groups -OCH3 is 1. The average molecular weight is 364 g/mol. The van der Waals surface area contributed by atoms with E-state index >= 15 is 0 Å². The number of nitrogens with zero attached hydrogens (tertiary/aromatic N) is 2. The summed E-state index contributed by atoms with van der Waals surface area (Å²) in [5.41, 5.74) is 8.41. The summed E-state index contributed by atoms with van der Waals surface area (Å²) in [6.45, 7) is 6.58. The van der Waals surface area contributed by atoms with Gasteiger partial charge in [-0.1, -0.05) is 29.8 Å². The fraction of sp³-hybridized carbons (Fsp3) is 0.562. The highest BCUT2D eigenvalue weighted by Gasteiger charge is 2.25. The molecule has 0 saturated carbocycles. The van der Waals surface area contributed by atoms with E-state index in [9.17, 15) is 4.79 Å². The molecule has 0 bridgehead atoms. The Morgan fingerprint density at radius 1 is 1.26 bits per heavy atom. The van der Waals surface area contributed by atoms with Crippen molar-refractivity contribution in [1.29, 1.82) is 0 Å². The Labute approximate surface area is 151 Å². The lowest BCUT2D eigenvalue weighted by Crippen LogP contribution is -2.53. The fourth-order valence-electron chi connectivity index (χ4n) is 2.68. The molecule has 1 saturated heterocycles.